The summed E-state index contributed by atoms with van der Waals surface area (Å²) in [5.41, 5.74) is 1.44. The van der Waals surface area contributed by atoms with Gasteiger partial charge in [0.05, 0.1) is 5.69 Å². The number of hydrogen-bond donors (Lipinski definition) is 2. The molecule has 0 aliphatic carbocycles. The van der Waals surface area contributed by atoms with E-state index in [1.54, 1.807) is 18.3 Å². The van der Waals surface area contributed by atoms with Gasteiger partial charge >= 0.3 is 0 Å². The molecule has 1 aliphatic rings. The first-order valence-corrected chi connectivity index (χ1v) is 10.0. The molecule has 3 unspecified atom stereocenters. The van der Waals surface area contributed by atoms with E-state index >= 15 is 0 Å². The van der Waals surface area contributed by atoms with Gasteiger partial charge in [0.1, 0.15) is 24.2 Å². The number of rotatable bonds is 7. The minimum Gasteiger partial charge on any atom is -0.507 e. The third kappa shape index (κ3) is 5.57. The Morgan fingerprint density at radius 3 is 2.46 bits per heavy atom. The third-order valence-electron chi connectivity index (χ3n) is 5.37. The maximum absolute atomic E-state index is 10.4. The number of ether oxygens (including phenoxy) is 1. The Labute approximate surface area is 167 Å². The van der Waals surface area contributed by atoms with Crippen molar-refractivity contribution < 1.29 is 14.9 Å². The number of aliphatic imine (C=N–C) groups is 1. The molecule has 2 aromatic rings. The number of hydrogen-bond acceptors (Lipinski definition) is 5. The minimum absolute atomic E-state index is 0.206. The Kier molecular flexibility index (Phi) is 7.06. The standard InChI is InChI=1S/C23H30N2O3/c1-17-6-5-7-18(2)25(17)15-21(26)16-28-22-12-10-20(11-13-22)24-14-19-8-3-4-9-23(19)27/h3-4,8-14,17-18,21,26-27H,5-7,15-16H2,1-2H3. The Hall–Kier alpha value is -2.37. The van der Waals surface area contributed by atoms with Crippen LogP contribution in [0.1, 0.15) is 38.7 Å². The molecule has 150 valence electrons. The van der Waals surface area contributed by atoms with E-state index in [4.69, 9.17) is 4.74 Å². The molecule has 0 aromatic heterocycles. The van der Waals surface area contributed by atoms with Crippen molar-refractivity contribution in [2.24, 2.45) is 4.99 Å². The van der Waals surface area contributed by atoms with E-state index in [-0.39, 0.29) is 12.4 Å². The van der Waals surface area contributed by atoms with Gasteiger partial charge < -0.3 is 14.9 Å². The second kappa shape index (κ2) is 9.71. The second-order valence-electron chi connectivity index (χ2n) is 7.60. The second-order valence-corrected chi connectivity index (χ2v) is 7.60. The quantitative estimate of drug-likeness (QED) is 0.706. The van der Waals surface area contributed by atoms with Crippen LogP contribution >= 0.6 is 0 Å². The third-order valence-corrected chi connectivity index (χ3v) is 5.37. The monoisotopic (exact) mass is 382 g/mol. The fourth-order valence-electron chi connectivity index (χ4n) is 3.69. The molecule has 0 spiro atoms. The molecule has 28 heavy (non-hydrogen) atoms. The van der Waals surface area contributed by atoms with Crippen LogP contribution in [0.25, 0.3) is 0 Å². The molecule has 0 bridgehead atoms. The Balaban J connectivity index is 1.49. The summed E-state index contributed by atoms with van der Waals surface area (Å²) in [6.07, 6.45) is 4.78. The van der Waals surface area contributed by atoms with Crippen LogP contribution in [0.3, 0.4) is 0 Å². The molecule has 0 amide bonds. The van der Waals surface area contributed by atoms with Crippen LogP contribution < -0.4 is 4.74 Å². The Morgan fingerprint density at radius 1 is 1.11 bits per heavy atom. The van der Waals surface area contributed by atoms with Crippen molar-refractivity contribution in [3.8, 4) is 11.5 Å². The highest BCUT2D eigenvalue weighted by Crippen LogP contribution is 2.23. The highest BCUT2D eigenvalue weighted by atomic mass is 16.5. The maximum Gasteiger partial charge on any atom is 0.124 e. The van der Waals surface area contributed by atoms with E-state index in [9.17, 15) is 10.2 Å². The van der Waals surface area contributed by atoms with E-state index in [1.807, 2.05) is 36.4 Å². The van der Waals surface area contributed by atoms with Crippen LogP contribution in [0.15, 0.2) is 53.5 Å². The lowest BCUT2D eigenvalue weighted by Crippen LogP contribution is -2.48. The molecule has 5 nitrogen and oxygen atoms in total. The molecule has 1 fully saturated rings. The van der Waals surface area contributed by atoms with E-state index in [0.29, 0.717) is 29.9 Å². The van der Waals surface area contributed by atoms with E-state index < -0.39 is 6.10 Å². The van der Waals surface area contributed by atoms with Gasteiger partial charge in [-0.2, -0.15) is 0 Å². The van der Waals surface area contributed by atoms with Crippen LogP contribution in [-0.4, -0.2) is 52.7 Å². The summed E-state index contributed by atoms with van der Waals surface area (Å²) >= 11 is 0. The zero-order chi connectivity index (χ0) is 19.9. The van der Waals surface area contributed by atoms with Crippen molar-refractivity contribution in [2.45, 2.75) is 51.3 Å². The summed E-state index contributed by atoms with van der Waals surface area (Å²) < 4.78 is 5.75. The summed E-state index contributed by atoms with van der Waals surface area (Å²) in [6, 6.07) is 15.5. The van der Waals surface area contributed by atoms with Crippen LogP contribution in [0, 0.1) is 0 Å². The Bertz CT molecular complexity index is 766. The normalized spacial score (nSPS) is 21.7. The van der Waals surface area contributed by atoms with E-state index in [2.05, 4.69) is 23.7 Å². The molecule has 3 rings (SSSR count). The van der Waals surface area contributed by atoms with Gasteiger partial charge in [0.2, 0.25) is 0 Å². The van der Waals surface area contributed by atoms with Crippen molar-refractivity contribution in [2.75, 3.05) is 13.2 Å². The van der Waals surface area contributed by atoms with Crippen LogP contribution in [0.2, 0.25) is 0 Å². The number of piperidine rings is 1. The van der Waals surface area contributed by atoms with Crippen molar-refractivity contribution in [1.29, 1.82) is 0 Å². The lowest BCUT2D eigenvalue weighted by atomic mass is 9.97. The van der Waals surface area contributed by atoms with Gasteiger partial charge in [-0.1, -0.05) is 18.6 Å². The Morgan fingerprint density at radius 2 is 1.79 bits per heavy atom. The highest BCUT2D eigenvalue weighted by Gasteiger charge is 2.26. The zero-order valence-corrected chi connectivity index (χ0v) is 16.7. The molecule has 2 aromatic carbocycles. The van der Waals surface area contributed by atoms with Gasteiger partial charge in [-0.25, -0.2) is 0 Å². The summed E-state index contributed by atoms with van der Waals surface area (Å²) in [4.78, 5) is 6.75. The van der Waals surface area contributed by atoms with Gasteiger partial charge in [-0.15, -0.1) is 0 Å². The largest absolute Gasteiger partial charge is 0.507 e. The SMILES string of the molecule is CC1CCCC(C)N1CC(O)COc1ccc(N=Cc2ccccc2O)cc1. The predicted molar refractivity (Wildman–Crippen MR) is 113 cm³/mol. The molecule has 1 heterocycles. The van der Waals surface area contributed by atoms with Gasteiger partial charge in [0.15, 0.2) is 0 Å². The highest BCUT2D eigenvalue weighted by molar-refractivity contribution is 5.85. The topological polar surface area (TPSA) is 65.3 Å². The van der Waals surface area contributed by atoms with Crippen molar-refractivity contribution in [3.63, 3.8) is 0 Å². The first-order valence-electron chi connectivity index (χ1n) is 10.0. The summed E-state index contributed by atoms with van der Waals surface area (Å²) in [7, 11) is 0. The molecular formula is C23H30N2O3. The number of phenols is 1. The summed E-state index contributed by atoms with van der Waals surface area (Å²) in [6.45, 7) is 5.39. The van der Waals surface area contributed by atoms with Crippen molar-refractivity contribution in [1.82, 2.24) is 4.90 Å². The number of phenolic OH excluding ortho intramolecular Hbond substituents is 1. The summed E-state index contributed by atoms with van der Waals surface area (Å²) in [5, 5.41) is 20.1. The number of likely N-dealkylation sites (tertiary alicyclic amines) is 1. The number of aliphatic hydroxyl groups is 1. The fraction of sp³-hybridized carbons (Fsp3) is 0.435. The van der Waals surface area contributed by atoms with E-state index in [0.717, 1.165) is 5.69 Å². The van der Waals surface area contributed by atoms with Gasteiger partial charge in [-0.05, 0) is 63.1 Å². The number of β-amino-alcohol motifs (C(OH)–C–C–N with tert-alkyl or cyclic N) is 1. The van der Waals surface area contributed by atoms with Crippen LogP contribution in [-0.2, 0) is 0 Å². The zero-order valence-electron chi connectivity index (χ0n) is 16.7. The van der Waals surface area contributed by atoms with Gasteiger partial charge in [0.25, 0.3) is 0 Å². The molecule has 3 atom stereocenters. The van der Waals surface area contributed by atoms with Crippen molar-refractivity contribution >= 4 is 11.9 Å². The molecule has 1 aliphatic heterocycles. The molecular weight excluding hydrogens is 352 g/mol. The average molecular weight is 383 g/mol. The van der Waals surface area contributed by atoms with Gasteiger partial charge in [-0.3, -0.25) is 9.89 Å². The summed E-state index contributed by atoms with van der Waals surface area (Å²) in [5.74, 6) is 0.915. The number of benzene rings is 2. The number of para-hydroxylation sites is 1. The van der Waals surface area contributed by atoms with Gasteiger partial charge in [0, 0.05) is 30.4 Å². The number of aliphatic hydroxyl groups excluding tert-OH is 1. The molecule has 0 radical (unpaired) electrons. The first kappa shape index (κ1) is 20.4. The van der Waals surface area contributed by atoms with Crippen LogP contribution in [0.4, 0.5) is 5.69 Å². The average Bonchev–Trinajstić information content (AvgIpc) is 2.69. The molecule has 2 N–H and O–H groups in total. The lowest BCUT2D eigenvalue weighted by Gasteiger charge is -2.40. The molecule has 1 saturated heterocycles. The number of nitrogens with zero attached hydrogens (tertiary/aromatic N) is 2. The minimum atomic E-state index is -0.512. The molecule has 5 heteroatoms. The maximum atomic E-state index is 10.4. The number of aromatic hydroxyl groups is 1. The van der Waals surface area contributed by atoms with Crippen LogP contribution in [0.5, 0.6) is 11.5 Å². The smallest absolute Gasteiger partial charge is 0.124 e. The van der Waals surface area contributed by atoms with E-state index in [1.165, 1.54) is 19.3 Å². The van der Waals surface area contributed by atoms with Crippen molar-refractivity contribution in [3.05, 3.63) is 54.1 Å². The first-order chi connectivity index (χ1) is 13.5. The lowest BCUT2D eigenvalue weighted by molar-refractivity contribution is 0.0209. The molecule has 0 saturated carbocycles. The predicted octanol–water partition coefficient (Wildman–Crippen LogP) is 4.15. The fourth-order valence-corrected chi connectivity index (χ4v) is 3.69.